The molecule has 1 aliphatic rings. The van der Waals surface area contributed by atoms with Gasteiger partial charge in [-0.05, 0) is 57.2 Å². The van der Waals surface area contributed by atoms with E-state index in [4.69, 9.17) is 5.73 Å². The zero-order valence-corrected chi connectivity index (χ0v) is 11.1. The number of pyridine rings is 1. The van der Waals surface area contributed by atoms with Crippen molar-refractivity contribution < 1.29 is 4.79 Å². The smallest absolute Gasteiger partial charge is 0.253 e. The van der Waals surface area contributed by atoms with E-state index in [0.717, 1.165) is 24.4 Å². The van der Waals surface area contributed by atoms with E-state index >= 15 is 0 Å². The predicted octanol–water partition coefficient (Wildman–Crippen LogP) is 1.56. The van der Waals surface area contributed by atoms with E-state index in [9.17, 15) is 4.79 Å². The van der Waals surface area contributed by atoms with E-state index < -0.39 is 0 Å². The van der Waals surface area contributed by atoms with Crippen LogP contribution in [0.2, 0.25) is 0 Å². The number of hydrogen-bond acceptors (Lipinski definition) is 3. The van der Waals surface area contributed by atoms with E-state index in [2.05, 4.69) is 10.3 Å². The molecule has 0 bridgehead atoms. The Morgan fingerprint density at radius 1 is 1.44 bits per heavy atom. The predicted molar refractivity (Wildman–Crippen MR) is 71.4 cm³/mol. The monoisotopic (exact) mass is 247 g/mol. The second-order valence-electron chi connectivity index (χ2n) is 5.31. The van der Waals surface area contributed by atoms with Gasteiger partial charge in [-0.1, -0.05) is 0 Å². The van der Waals surface area contributed by atoms with Crippen LogP contribution in [-0.2, 0) is 0 Å². The number of carbonyl (C=O) groups is 1. The van der Waals surface area contributed by atoms with Crippen molar-refractivity contribution in [1.29, 1.82) is 0 Å². The number of carbonyl (C=O) groups excluding carboxylic acids is 1. The number of amides is 1. The number of nitrogens with two attached hydrogens (primary N) is 1. The van der Waals surface area contributed by atoms with Crippen LogP contribution in [0.25, 0.3) is 0 Å². The Labute approximate surface area is 108 Å². The molecule has 1 aliphatic carbocycles. The van der Waals surface area contributed by atoms with Crippen molar-refractivity contribution in [2.75, 3.05) is 13.1 Å². The molecule has 1 saturated carbocycles. The third-order valence-corrected chi connectivity index (χ3v) is 3.73. The van der Waals surface area contributed by atoms with E-state index in [1.54, 1.807) is 0 Å². The molecule has 1 fully saturated rings. The highest BCUT2D eigenvalue weighted by Crippen LogP contribution is 2.47. The number of rotatable bonds is 5. The van der Waals surface area contributed by atoms with Crippen molar-refractivity contribution in [1.82, 2.24) is 10.3 Å². The number of hydrogen-bond donors (Lipinski definition) is 2. The minimum atomic E-state index is -0.0247. The SMILES string of the molecule is Cc1ccc(C(=O)NCC2(CCN)CC2)c(C)n1. The first-order valence-corrected chi connectivity index (χ1v) is 6.49. The van der Waals surface area contributed by atoms with Crippen LogP contribution in [-0.4, -0.2) is 24.0 Å². The molecule has 1 aromatic rings. The molecule has 18 heavy (non-hydrogen) atoms. The van der Waals surface area contributed by atoms with E-state index in [-0.39, 0.29) is 11.3 Å². The Hall–Kier alpha value is -1.42. The molecule has 98 valence electrons. The Morgan fingerprint density at radius 2 is 2.17 bits per heavy atom. The largest absolute Gasteiger partial charge is 0.351 e. The summed E-state index contributed by atoms with van der Waals surface area (Å²) in [5.74, 6) is -0.0247. The molecule has 0 aliphatic heterocycles. The summed E-state index contributed by atoms with van der Waals surface area (Å²) < 4.78 is 0. The van der Waals surface area contributed by atoms with Gasteiger partial charge in [0.05, 0.1) is 11.3 Å². The van der Waals surface area contributed by atoms with Gasteiger partial charge in [-0.25, -0.2) is 0 Å². The fourth-order valence-electron chi connectivity index (χ4n) is 2.29. The third-order valence-electron chi connectivity index (χ3n) is 3.73. The first-order valence-electron chi connectivity index (χ1n) is 6.49. The molecule has 0 radical (unpaired) electrons. The molecule has 0 saturated heterocycles. The summed E-state index contributed by atoms with van der Waals surface area (Å²) >= 11 is 0. The molecule has 0 spiro atoms. The van der Waals surface area contributed by atoms with Gasteiger partial charge in [-0.15, -0.1) is 0 Å². The average molecular weight is 247 g/mol. The molecule has 3 N–H and O–H groups in total. The van der Waals surface area contributed by atoms with Crippen LogP contribution >= 0.6 is 0 Å². The summed E-state index contributed by atoms with van der Waals surface area (Å²) in [5, 5.41) is 3.01. The minimum absolute atomic E-state index is 0.0247. The normalized spacial score (nSPS) is 16.4. The van der Waals surface area contributed by atoms with Crippen LogP contribution in [0.15, 0.2) is 12.1 Å². The summed E-state index contributed by atoms with van der Waals surface area (Å²) in [5.41, 5.74) is 8.26. The topological polar surface area (TPSA) is 68.0 Å². The first-order chi connectivity index (χ1) is 8.56. The molecule has 1 aromatic heterocycles. The highest BCUT2D eigenvalue weighted by Gasteiger charge is 2.41. The van der Waals surface area contributed by atoms with Crippen molar-refractivity contribution >= 4 is 5.91 Å². The van der Waals surface area contributed by atoms with Gasteiger partial charge in [0.25, 0.3) is 5.91 Å². The number of aromatic nitrogens is 1. The average Bonchev–Trinajstić information content (AvgIpc) is 3.07. The van der Waals surface area contributed by atoms with Crippen LogP contribution in [0.4, 0.5) is 0 Å². The van der Waals surface area contributed by atoms with Crippen LogP contribution < -0.4 is 11.1 Å². The van der Waals surface area contributed by atoms with Gasteiger partial charge in [-0.2, -0.15) is 0 Å². The molecule has 0 aromatic carbocycles. The maximum Gasteiger partial charge on any atom is 0.253 e. The fraction of sp³-hybridized carbons (Fsp3) is 0.571. The van der Waals surface area contributed by atoms with Gasteiger partial charge in [0.2, 0.25) is 0 Å². The first kappa shape index (κ1) is 13.0. The van der Waals surface area contributed by atoms with Gasteiger partial charge in [0.1, 0.15) is 0 Å². The zero-order valence-electron chi connectivity index (χ0n) is 11.1. The lowest BCUT2D eigenvalue weighted by molar-refractivity contribution is 0.0943. The Balaban J connectivity index is 1.96. The summed E-state index contributed by atoms with van der Waals surface area (Å²) in [7, 11) is 0. The summed E-state index contributed by atoms with van der Waals surface area (Å²) in [6.07, 6.45) is 3.35. The van der Waals surface area contributed by atoms with Crippen molar-refractivity contribution in [2.45, 2.75) is 33.1 Å². The Bertz CT molecular complexity index is 452. The van der Waals surface area contributed by atoms with Crippen LogP contribution in [0.5, 0.6) is 0 Å². The second-order valence-corrected chi connectivity index (χ2v) is 5.31. The molecule has 4 heteroatoms. The standard InChI is InChI=1S/C14H21N3O/c1-10-3-4-12(11(2)17-10)13(18)16-9-14(5-6-14)7-8-15/h3-4H,5-9,15H2,1-2H3,(H,16,18). The lowest BCUT2D eigenvalue weighted by atomic mass is 10.0. The molecule has 2 rings (SSSR count). The van der Waals surface area contributed by atoms with E-state index in [1.807, 2.05) is 26.0 Å². The maximum absolute atomic E-state index is 12.1. The lowest BCUT2D eigenvalue weighted by Crippen LogP contribution is -2.31. The van der Waals surface area contributed by atoms with Gasteiger partial charge in [-0.3, -0.25) is 9.78 Å². The molecule has 0 atom stereocenters. The van der Waals surface area contributed by atoms with Crippen LogP contribution in [0, 0.1) is 19.3 Å². The van der Waals surface area contributed by atoms with Crippen molar-refractivity contribution in [3.63, 3.8) is 0 Å². The van der Waals surface area contributed by atoms with E-state index in [1.165, 1.54) is 12.8 Å². The highest BCUT2D eigenvalue weighted by molar-refractivity contribution is 5.95. The summed E-state index contributed by atoms with van der Waals surface area (Å²) in [4.78, 5) is 16.4. The Kier molecular flexibility index (Phi) is 3.66. The van der Waals surface area contributed by atoms with Gasteiger partial charge in [0, 0.05) is 12.2 Å². The zero-order chi connectivity index (χ0) is 13.2. The molecular weight excluding hydrogens is 226 g/mol. The number of nitrogens with zero attached hydrogens (tertiary/aromatic N) is 1. The second kappa shape index (κ2) is 5.06. The van der Waals surface area contributed by atoms with Crippen molar-refractivity contribution in [3.05, 3.63) is 29.1 Å². The molecule has 4 nitrogen and oxygen atoms in total. The van der Waals surface area contributed by atoms with Crippen molar-refractivity contribution in [2.24, 2.45) is 11.1 Å². The van der Waals surface area contributed by atoms with Gasteiger partial charge >= 0.3 is 0 Å². The van der Waals surface area contributed by atoms with Crippen molar-refractivity contribution in [3.8, 4) is 0 Å². The Morgan fingerprint density at radius 3 is 2.72 bits per heavy atom. The molecule has 1 amide bonds. The quantitative estimate of drug-likeness (QED) is 0.829. The van der Waals surface area contributed by atoms with Gasteiger partial charge in [0.15, 0.2) is 0 Å². The molecule has 0 unspecified atom stereocenters. The summed E-state index contributed by atoms with van der Waals surface area (Å²) in [6.45, 7) is 5.22. The number of aryl methyl sites for hydroxylation is 2. The van der Waals surface area contributed by atoms with E-state index in [0.29, 0.717) is 12.1 Å². The van der Waals surface area contributed by atoms with Gasteiger partial charge < -0.3 is 11.1 Å². The van der Waals surface area contributed by atoms with Crippen LogP contribution in [0.1, 0.15) is 41.0 Å². The van der Waals surface area contributed by atoms with Crippen LogP contribution in [0.3, 0.4) is 0 Å². The summed E-state index contributed by atoms with van der Waals surface area (Å²) in [6, 6.07) is 3.71. The lowest BCUT2D eigenvalue weighted by Gasteiger charge is -2.15. The fourth-order valence-corrected chi connectivity index (χ4v) is 2.29. The highest BCUT2D eigenvalue weighted by atomic mass is 16.1. The molecular formula is C14H21N3O. The minimum Gasteiger partial charge on any atom is -0.351 e. The maximum atomic E-state index is 12.1. The molecule has 1 heterocycles. The third kappa shape index (κ3) is 2.88. The number of nitrogens with one attached hydrogen (secondary N) is 1.